The van der Waals surface area contributed by atoms with Gasteiger partial charge in [0, 0.05) is 42.8 Å². The van der Waals surface area contributed by atoms with Gasteiger partial charge < -0.3 is 15.3 Å². The Morgan fingerprint density at radius 2 is 1.82 bits per heavy atom. The van der Waals surface area contributed by atoms with Crippen LogP contribution in [0, 0.1) is 0 Å². The molecule has 0 fully saturated rings. The molecule has 4 aromatic rings. The zero-order chi connectivity index (χ0) is 22.9. The summed E-state index contributed by atoms with van der Waals surface area (Å²) in [5.41, 5.74) is 5.13. The quantitative estimate of drug-likeness (QED) is 0.365. The summed E-state index contributed by atoms with van der Waals surface area (Å²) in [4.78, 5) is 27.0. The summed E-state index contributed by atoms with van der Waals surface area (Å²) in [7, 11) is 0. The predicted molar refractivity (Wildman–Crippen MR) is 129 cm³/mol. The first-order valence-electron chi connectivity index (χ1n) is 10.7. The third-order valence-electron chi connectivity index (χ3n) is 5.22. The van der Waals surface area contributed by atoms with Gasteiger partial charge in [0.05, 0.1) is 24.5 Å². The Balaban J connectivity index is 1.62. The molecular weight excluding hydrogens is 414 g/mol. The van der Waals surface area contributed by atoms with Crippen molar-refractivity contribution in [3.8, 4) is 11.3 Å². The van der Waals surface area contributed by atoms with E-state index in [1.165, 1.54) is 0 Å². The molecule has 0 saturated carbocycles. The van der Waals surface area contributed by atoms with Gasteiger partial charge in [0.25, 0.3) is 0 Å². The fourth-order valence-corrected chi connectivity index (χ4v) is 3.48. The van der Waals surface area contributed by atoms with Crippen LogP contribution in [0.3, 0.4) is 0 Å². The molecule has 0 unspecified atom stereocenters. The maximum absolute atomic E-state index is 12.0. The van der Waals surface area contributed by atoms with Crippen LogP contribution in [0.4, 0.5) is 11.5 Å². The second-order valence-electron chi connectivity index (χ2n) is 7.51. The second-order valence-corrected chi connectivity index (χ2v) is 7.51. The van der Waals surface area contributed by atoms with Gasteiger partial charge in [-0.05, 0) is 41.5 Å². The van der Waals surface area contributed by atoms with Crippen LogP contribution in [0.2, 0.25) is 0 Å². The van der Waals surface area contributed by atoms with Crippen LogP contribution in [-0.2, 0) is 24.4 Å². The number of nitrogens with zero attached hydrogens (tertiary/aromatic N) is 4. The van der Waals surface area contributed by atoms with E-state index in [-0.39, 0.29) is 6.61 Å². The van der Waals surface area contributed by atoms with Crippen LogP contribution in [0.5, 0.6) is 0 Å². The summed E-state index contributed by atoms with van der Waals surface area (Å²) >= 11 is 0. The van der Waals surface area contributed by atoms with E-state index in [1.807, 2.05) is 66.7 Å². The fourth-order valence-electron chi connectivity index (χ4n) is 3.48. The molecule has 7 nitrogen and oxygen atoms in total. The predicted octanol–water partition coefficient (Wildman–Crippen LogP) is 3.85. The Morgan fingerprint density at radius 1 is 0.939 bits per heavy atom. The number of anilines is 2. The molecule has 7 heteroatoms. The minimum Gasteiger partial charge on any atom is -0.392 e. The van der Waals surface area contributed by atoms with E-state index < -0.39 is 0 Å². The van der Waals surface area contributed by atoms with Crippen LogP contribution >= 0.6 is 0 Å². The molecule has 0 bridgehead atoms. The van der Waals surface area contributed by atoms with Gasteiger partial charge in [-0.1, -0.05) is 36.4 Å². The van der Waals surface area contributed by atoms with Crippen molar-refractivity contribution in [1.29, 1.82) is 0 Å². The number of aliphatic hydroxyl groups excluding tert-OH is 1. The molecule has 0 radical (unpaired) electrons. The molecule has 1 amide bonds. The number of hydrogen-bond donors (Lipinski definition) is 2. The SMILES string of the molecule is O=CN(Cc1cccnc1)c1ccc(-c2ccc(CO)cc2)nc1NCCc1ccccn1. The fraction of sp³-hybridized carbons (Fsp3) is 0.154. The first-order valence-corrected chi connectivity index (χ1v) is 10.7. The maximum Gasteiger partial charge on any atom is 0.214 e. The third-order valence-corrected chi connectivity index (χ3v) is 5.22. The molecule has 33 heavy (non-hydrogen) atoms. The molecule has 4 rings (SSSR count). The van der Waals surface area contributed by atoms with E-state index in [0.29, 0.717) is 24.6 Å². The van der Waals surface area contributed by atoms with Crippen molar-refractivity contribution in [2.45, 2.75) is 19.6 Å². The Bertz CT molecular complexity index is 1170. The van der Waals surface area contributed by atoms with Crippen molar-refractivity contribution in [1.82, 2.24) is 15.0 Å². The Morgan fingerprint density at radius 3 is 2.52 bits per heavy atom. The minimum atomic E-state index is -0.00435. The summed E-state index contributed by atoms with van der Waals surface area (Å²) in [5, 5.41) is 12.7. The number of pyridine rings is 3. The summed E-state index contributed by atoms with van der Waals surface area (Å²) in [5.74, 6) is 0.616. The highest BCUT2D eigenvalue weighted by Gasteiger charge is 2.15. The molecule has 0 atom stereocenters. The van der Waals surface area contributed by atoms with Crippen LogP contribution in [0.25, 0.3) is 11.3 Å². The highest BCUT2D eigenvalue weighted by molar-refractivity contribution is 5.83. The molecule has 0 aliphatic carbocycles. The van der Waals surface area contributed by atoms with Crippen LogP contribution < -0.4 is 10.2 Å². The summed E-state index contributed by atoms with van der Waals surface area (Å²) in [6.07, 6.45) is 6.76. The smallest absolute Gasteiger partial charge is 0.214 e. The van der Waals surface area contributed by atoms with Crippen molar-refractivity contribution < 1.29 is 9.90 Å². The average Bonchev–Trinajstić information content (AvgIpc) is 2.89. The van der Waals surface area contributed by atoms with Gasteiger partial charge in [-0.15, -0.1) is 0 Å². The van der Waals surface area contributed by atoms with Crippen molar-refractivity contribution in [2.75, 3.05) is 16.8 Å². The average molecular weight is 440 g/mol. The molecule has 3 aromatic heterocycles. The summed E-state index contributed by atoms with van der Waals surface area (Å²) < 4.78 is 0. The lowest BCUT2D eigenvalue weighted by Crippen LogP contribution is -2.23. The van der Waals surface area contributed by atoms with Gasteiger partial charge in [-0.3, -0.25) is 14.8 Å². The van der Waals surface area contributed by atoms with Crippen LogP contribution in [0.1, 0.15) is 16.8 Å². The van der Waals surface area contributed by atoms with Crippen molar-refractivity contribution in [2.24, 2.45) is 0 Å². The minimum absolute atomic E-state index is 0.00435. The van der Waals surface area contributed by atoms with Gasteiger partial charge in [-0.25, -0.2) is 4.98 Å². The van der Waals surface area contributed by atoms with E-state index in [9.17, 15) is 9.90 Å². The summed E-state index contributed by atoms with van der Waals surface area (Å²) in [6.45, 7) is 0.998. The molecule has 2 N–H and O–H groups in total. The van der Waals surface area contributed by atoms with E-state index in [0.717, 1.165) is 40.9 Å². The molecule has 0 aliphatic rings. The lowest BCUT2D eigenvalue weighted by Gasteiger charge is -2.21. The van der Waals surface area contributed by atoms with Crippen LogP contribution in [-0.4, -0.2) is 33.0 Å². The van der Waals surface area contributed by atoms with E-state index in [4.69, 9.17) is 4.98 Å². The Labute approximate surface area is 192 Å². The molecular formula is C26H25N5O2. The first kappa shape index (κ1) is 22.1. The topological polar surface area (TPSA) is 91.2 Å². The Hall–Kier alpha value is -4.10. The number of benzene rings is 1. The molecule has 1 aromatic carbocycles. The molecule has 3 heterocycles. The van der Waals surface area contributed by atoms with Gasteiger partial charge in [-0.2, -0.15) is 0 Å². The van der Waals surface area contributed by atoms with Crippen LogP contribution in [0.15, 0.2) is 85.3 Å². The number of aliphatic hydroxyl groups is 1. The molecule has 166 valence electrons. The highest BCUT2D eigenvalue weighted by atomic mass is 16.3. The second kappa shape index (κ2) is 11.0. The van der Waals surface area contributed by atoms with Gasteiger partial charge in [0.1, 0.15) is 0 Å². The van der Waals surface area contributed by atoms with Gasteiger partial charge in [0.2, 0.25) is 6.41 Å². The maximum atomic E-state index is 12.0. The standard InChI is InChI=1S/C26H25N5O2/c32-18-20-6-8-22(9-7-20)24-10-11-25(31(19-33)17-21-4-3-13-27-16-21)26(30-24)29-15-12-23-5-1-2-14-28-23/h1-11,13-14,16,19,32H,12,15,17-18H2,(H,29,30). The van der Waals surface area contributed by atoms with Crippen molar-refractivity contribution >= 4 is 17.9 Å². The molecule has 0 saturated heterocycles. The number of aromatic nitrogens is 3. The monoisotopic (exact) mass is 439 g/mol. The van der Waals surface area contributed by atoms with E-state index in [1.54, 1.807) is 23.5 Å². The number of hydrogen-bond acceptors (Lipinski definition) is 6. The highest BCUT2D eigenvalue weighted by Crippen LogP contribution is 2.29. The number of nitrogens with one attached hydrogen (secondary N) is 1. The Kier molecular flexibility index (Phi) is 7.35. The zero-order valence-electron chi connectivity index (χ0n) is 18.1. The first-order chi connectivity index (χ1) is 16.3. The van der Waals surface area contributed by atoms with Gasteiger partial charge >= 0.3 is 0 Å². The van der Waals surface area contributed by atoms with Crippen molar-refractivity contribution in [3.05, 3.63) is 102 Å². The third kappa shape index (κ3) is 5.78. The normalized spacial score (nSPS) is 10.6. The lowest BCUT2D eigenvalue weighted by atomic mass is 10.1. The molecule has 0 spiro atoms. The number of carbonyl (C=O) groups excluding carboxylic acids is 1. The van der Waals surface area contributed by atoms with E-state index in [2.05, 4.69) is 15.3 Å². The van der Waals surface area contributed by atoms with Crippen molar-refractivity contribution in [3.63, 3.8) is 0 Å². The van der Waals surface area contributed by atoms with E-state index >= 15 is 0 Å². The number of carbonyl (C=O) groups is 1. The largest absolute Gasteiger partial charge is 0.392 e. The lowest BCUT2D eigenvalue weighted by molar-refractivity contribution is -0.107. The number of amides is 1. The summed E-state index contributed by atoms with van der Waals surface area (Å²) in [6, 6.07) is 21.0. The van der Waals surface area contributed by atoms with Gasteiger partial charge in [0.15, 0.2) is 5.82 Å². The zero-order valence-corrected chi connectivity index (χ0v) is 18.1. The number of rotatable bonds is 10. The molecule has 0 aliphatic heterocycles.